The summed E-state index contributed by atoms with van der Waals surface area (Å²) in [6.45, 7) is 4.19. The van der Waals surface area contributed by atoms with Gasteiger partial charge >= 0.3 is 5.97 Å². The average molecular weight is 235 g/mol. The van der Waals surface area contributed by atoms with Crippen molar-refractivity contribution in [2.45, 2.75) is 39.3 Å². The highest BCUT2D eigenvalue weighted by Crippen LogP contribution is 2.14. The first-order valence-electron chi connectivity index (χ1n) is 5.57. The van der Waals surface area contributed by atoms with Gasteiger partial charge in [-0.15, -0.1) is 12.3 Å². The third kappa shape index (κ3) is 3.65. The highest BCUT2D eigenvalue weighted by molar-refractivity contribution is 5.88. The van der Waals surface area contributed by atoms with E-state index in [9.17, 15) is 4.79 Å². The summed E-state index contributed by atoms with van der Waals surface area (Å²) in [6, 6.07) is 1.78. The largest absolute Gasteiger partial charge is 0.478 e. The Morgan fingerprint density at radius 3 is 2.88 bits per heavy atom. The van der Waals surface area contributed by atoms with Crippen LogP contribution < -0.4 is 5.32 Å². The van der Waals surface area contributed by atoms with Crippen molar-refractivity contribution < 1.29 is 14.3 Å². The smallest absolute Gasteiger partial charge is 0.339 e. The number of rotatable bonds is 6. The molecule has 4 nitrogen and oxygen atoms in total. The van der Waals surface area contributed by atoms with Crippen LogP contribution in [0.5, 0.6) is 0 Å². The number of carboxylic acid groups (broad SMARTS) is 1. The Kier molecular flexibility index (Phi) is 4.80. The minimum Gasteiger partial charge on any atom is -0.478 e. The van der Waals surface area contributed by atoms with E-state index in [4.69, 9.17) is 15.9 Å². The molecule has 0 saturated carbocycles. The fourth-order valence-electron chi connectivity index (χ4n) is 1.59. The maximum Gasteiger partial charge on any atom is 0.339 e. The minimum atomic E-state index is -0.965. The number of nitrogens with one attached hydrogen (secondary N) is 1. The Labute approximate surface area is 101 Å². The third-order valence-electron chi connectivity index (χ3n) is 2.62. The van der Waals surface area contributed by atoms with Crippen LogP contribution in [0.25, 0.3) is 0 Å². The van der Waals surface area contributed by atoms with E-state index in [0.29, 0.717) is 24.5 Å². The quantitative estimate of drug-likeness (QED) is 0.742. The zero-order valence-electron chi connectivity index (χ0n) is 10.1. The van der Waals surface area contributed by atoms with E-state index in [2.05, 4.69) is 11.2 Å². The van der Waals surface area contributed by atoms with Crippen molar-refractivity contribution in [1.82, 2.24) is 5.32 Å². The number of furan rings is 1. The number of terminal acetylenes is 1. The predicted molar refractivity (Wildman–Crippen MR) is 64.8 cm³/mol. The van der Waals surface area contributed by atoms with Gasteiger partial charge in [0.1, 0.15) is 17.1 Å². The monoisotopic (exact) mass is 235 g/mol. The molecule has 4 heteroatoms. The molecule has 0 saturated heterocycles. The van der Waals surface area contributed by atoms with Crippen molar-refractivity contribution in [3.05, 3.63) is 23.2 Å². The van der Waals surface area contributed by atoms with Gasteiger partial charge in [0.25, 0.3) is 0 Å². The Balaban J connectivity index is 2.61. The maximum atomic E-state index is 10.8. The van der Waals surface area contributed by atoms with Gasteiger partial charge in [0, 0.05) is 12.5 Å². The molecule has 1 unspecified atom stereocenters. The Morgan fingerprint density at radius 1 is 1.71 bits per heavy atom. The second-order valence-corrected chi connectivity index (χ2v) is 3.88. The van der Waals surface area contributed by atoms with Gasteiger partial charge in [-0.25, -0.2) is 4.79 Å². The molecule has 0 aliphatic heterocycles. The van der Waals surface area contributed by atoms with E-state index in [-0.39, 0.29) is 11.6 Å². The average Bonchev–Trinajstić information content (AvgIpc) is 2.66. The van der Waals surface area contributed by atoms with Crippen molar-refractivity contribution in [3.8, 4) is 12.3 Å². The second kappa shape index (κ2) is 6.12. The molecule has 0 radical (unpaired) electrons. The van der Waals surface area contributed by atoms with Gasteiger partial charge in [-0.3, -0.25) is 0 Å². The lowest BCUT2D eigenvalue weighted by Gasteiger charge is -2.12. The Bertz CT molecular complexity index is 428. The first-order valence-corrected chi connectivity index (χ1v) is 5.57. The zero-order chi connectivity index (χ0) is 12.8. The van der Waals surface area contributed by atoms with E-state index in [1.54, 1.807) is 13.0 Å². The van der Waals surface area contributed by atoms with Gasteiger partial charge in [0.2, 0.25) is 0 Å². The van der Waals surface area contributed by atoms with Gasteiger partial charge in [0.15, 0.2) is 0 Å². The van der Waals surface area contributed by atoms with Gasteiger partial charge in [0.05, 0.1) is 6.54 Å². The SMILES string of the molecule is C#CCC(CC)NCc1cc(C(=O)O)c(C)o1. The lowest BCUT2D eigenvalue weighted by Crippen LogP contribution is -2.27. The standard InChI is InChI=1S/C13H17NO3/c1-4-6-10(5-2)14-8-11-7-12(13(15)16)9(3)17-11/h1,7,10,14H,5-6,8H2,2-3H3,(H,15,16). The molecule has 1 heterocycles. The van der Waals surface area contributed by atoms with Crippen LogP contribution in [0.2, 0.25) is 0 Å². The van der Waals surface area contributed by atoms with Crippen LogP contribution in [0.3, 0.4) is 0 Å². The molecule has 0 aromatic carbocycles. The van der Waals surface area contributed by atoms with Gasteiger partial charge in [-0.05, 0) is 19.4 Å². The predicted octanol–water partition coefficient (Wildman–Crippen LogP) is 2.18. The Hall–Kier alpha value is -1.73. The van der Waals surface area contributed by atoms with E-state index in [1.165, 1.54) is 0 Å². The summed E-state index contributed by atoms with van der Waals surface area (Å²) in [4.78, 5) is 10.8. The molecular weight excluding hydrogens is 218 g/mol. The number of carbonyl (C=O) groups is 1. The van der Waals surface area contributed by atoms with Gasteiger partial charge in [-0.1, -0.05) is 6.92 Å². The van der Waals surface area contributed by atoms with Crippen LogP contribution >= 0.6 is 0 Å². The minimum absolute atomic E-state index is 0.215. The highest BCUT2D eigenvalue weighted by atomic mass is 16.4. The van der Waals surface area contributed by atoms with E-state index in [1.807, 2.05) is 6.92 Å². The van der Waals surface area contributed by atoms with Crippen molar-refractivity contribution in [2.24, 2.45) is 0 Å². The molecule has 0 fully saturated rings. The van der Waals surface area contributed by atoms with Crippen LogP contribution in [0.1, 0.15) is 41.6 Å². The highest BCUT2D eigenvalue weighted by Gasteiger charge is 2.14. The van der Waals surface area contributed by atoms with Gasteiger partial charge in [-0.2, -0.15) is 0 Å². The molecule has 17 heavy (non-hydrogen) atoms. The number of hydrogen-bond donors (Lipinski definition) is 2. The molecule has 0 spiro atoms. The van der Waals surface area contributed by atoms with E-state index >= 15 is 0 Å². The lowest BCUT2D eigenvalue weighted by atomic mass is 10.1. The van der Waals surface area contributed by atoms with Crippen molar-refractivity contribution in [3.63, 3.8) is 0 Å². The number of hydrogen-bond acceptors (Lipinski definition) is 3. The summed E-state index contributed by atoms with van der Waals surface area (Å²) < 4.78 is 5.35. The normalized spacial score (nSPS) is 12.1. The lowest BCUT2D eigenvalue weighted by molar-refractivity contribution is 0.0695. The summed E-state index contributed by atoms with van der Waals surface area (Å²) in [7, 11) is 0. The maximum absolute atomic E-state index is 10.8. The third-order valence-corrected chi connectivity index (χ3v) is 2.62. The molecule has 0 amide bonds. The molecule has 1 aromatic heterocycles. The molecule has 0 aliphatic rings. The second-order valence-electron chi connectivity index (χ2n) is 3.88. The van der Waals surface area contributed by atoms with Gasteiger partial charge < -0.3 is 14.8 Å². The van der Waals surface area contributed by atoms with Crippen LogP contribution in [-0.2, 0) is 6.54 Å². The summed E-state index contributed by atoms with van der Waals surface area (Å²) in [5.74, 6) is 2.69. The molecule has 1 aromatic rings. The number of aromatic carboxylic acids is 1. The molecule has 1 rings (SSSR count). The summed E-state index contributed by atoms with van der Waals surface area (Å²) in [5.41, 5.74) is 0.215. The molecule has 0 bridgehead atoms. The molecule has 0 aliphatic carbocycles. The first kappa shape index (κ1) is 13.3. The Morgan fingerprint density at radius 2 is 2.41 bits per heavy atom. The van der Waals surface area contributed by atoms with Crippen LogP contribution in [0.15, 0.2) is 10.5 Å². The number of carboxylic acids is 1. The topological polar surface area (TPSA) is 62.5 Å². The van der Waals surface area contributed by atoms with Crippen molar-refractivity contribution in [1.29, 1.82) is 0 Å². The molecule has 92 valence electrons. The fourth-order valence-corrected chi connectivity index (χ4v) is 1.59. The molecule has 2 N–H and O–H groups in total. The summed E-state index contributed by atoms with van der Waals surface area (Å²) in [6.07, 6.45) is 6.83. The summed E-state index contributed by atoms with van der Waals surface area (Å²) in [5, 5.41) is 12.1. The van der Waals surface area contributed by atoms with Crippen molar-refractivity contribution >= 4 is 5.97 Å². The number of aryl methyl sites for hydroxylation is 1. The molecule has 1 atom stereocenters. The summed E-state index contributed by atoms with van der Waals surface area (Å²) >= 11 is 0. The van der Waals surface area contributed by atoms with Crippen molar-refractivity contribution in [2.75, 3.05) is 0 Å². The zero-order valence-corrected chi connectivity index (χ0v) is 10.1. The van der Waals surface area contributed by atoms with Crippen LogP contribution in [-0.4, -0.2) is 17.1 Å². The van der Waals surface area contributed by atoms with Crippen LogP contribution in [0, 0.1) is 19.3 Å². The first-order chi connectivity index (χ1) is 8.08. The van der Waals surface area contributed by atoms with E-state index < -0.39 is 5.97 Å². The van der Waals surface area contributed by atoms with E-state index in [0.717, 1.165) is 6.42 Å². The van der Waals surface area contributed by atoms with Crippen LogP contribution in [0.4, 0.5) is 0 Å². The molecular formula is C13H17NO3. The fraction of sp³-hybridized carbons (Fsp3) is 0.462.